The van der Waals surface area contributed by atoms with Gasteiger partial charge in [0.25, 0.3) is 10.2 Å². The first-order valence-corrected chi connectivity index (χ1v) is 13.2. The van der Waals surface area contributed by atoms with E-state index in [1.54, 1.807) is 17.9 Å². The first-order chi connectivity index (χ1) is 15.9. The predicted molar refractivity (Wildman–Crippen MR) is 128 cm³/mol. The summed E-state index contributed by atoms with van der Waals surface area (Å²) in [4.78, 5) is 15.2. The van der Waals surface area contributed by atoms with E-state index < -0.39 is 16.2 Å². The van der Waals surface area contributed by atoms with E-state index in [1.165, 1.54) is 21.6 Å². The Labute approximate surface area is 223 Å². The maximum Gasteiger partial charge on any atom is 1.00 e. The van der Waals surface area contributed by atoms with E-state index in [0.717, 1.165) is 68.4 Å². The Morgan fingerprint density at radius 3 is 2.44 bits per heavy atom. The average molecular weight is 495 g/mol. The number of carbonyl (C=O) groups is 1. The number of amides is 2. The summed E-state index contributed by atoms with van der Waals surface area (Å²) in [5, 5.41) is 7.02. The third-order valence-electron chi connectivity index (χ3n) is 7.12. The Morgan fingerprint density at radius 1 is 1.21 bits per heavy atom. The van der Waals surface area contributed by atoms with Gasteiger partial charge in [-0.15, -0.1) is 0 Å². The van der Waals surface area contributed by atoms with Crippen molar-refractivity contribution < 1.29 is 42.8 Å². The molecule has 1 fully saturated rings. The SMILES string of the molecule is CCN1CCC(N(c2cnn(C)c2)S(=O)(=O)[N-]C(=O)Nc2c3c(cc4c2CCC4)CCC3)C1.[Na+]. The van der Waals surface area contributed by atoms with Crippen LogP contribution in [0.4, 0.5) is 16.2 Å². The van der Waals surface area contributed by atoms with E-state index in [2.05, 4.69) is 33.0 Å². The molecule has 1 unspecified atom stereocenters. The fourth-order valence-electron chi connectivity index (χ4n) is 5.59. The molecule has 9 nitrogen and oxygen atoms in total. The minimum atomic E-state index is -4.26. The van der Waals surface area contributed by atoms with Crippen LogP contribution in [0.15, 0.2) is 18.5 Å². The maximum absolute atomic E-state index is 13.4. The summed E-state index contributed by atoms with van der Waals surface area (Å²) >= 11 is 0. The minimum Gasteiger partial charge on any atom is -0.423 e. The van der Waals surface area contributed by atoms with Crippen molar-refractivity contribution in [2.45, 2.75) is 57.9 Å². The Kier molecular flexibility index (Phi) is 7.64. The number of aryl methyl sites for hydroxylation is 3. The predicted octanol–water partition coefficient (Wildman–Crippen LogP) is 0.153. The summed E-state index contributed by atoms with van der Waals surface area (Å²) in [5.41, 5.74) is 6.07. The molecular weight excluding hydrogens is 463 g/mol. The molecule has 1 atom stereocenters. The number of aromatic nitrogens is 2. The molecule has 1 aromatic carbocycles. The van der Waals surface area contributed by atoms with Crippen LogP contribution in [-0.4, -0.2) is 54.8 Å². The number of likely N-dealkylation sites (N-methyl/N-ethyl adjacent to an activating group) is 1. The second-order valence-electron chi connectivity index (χ2n) is 9.24. The molecule has 178 valence electrons. The Morgan fingerprint density at radius 2 is 1.88 bits per heavy atom. The van der Waals surface area contributed by atoms with Crippen LogP contribution >= 0.6 is 0 Å². The number of fused-ring (bicyclic) bond motifs is 2. The van der Waals surface area contributed by atoms with Crippen molar-refractivity contribution in [2.24, 2.45) is 7.05 Å². The number of rotatable bonds is 6. The molecule has 1 aliphatic heterocycles. The van der Waals surface area contributed by atoms with E-state index in [9.17, 15) is 13.2 Å². The van der Waals surface area contributed by atoms with Gasteiger partial charge in [0.1, 0.15) is 0 Å². The van der Waals surface area contributed by atoms with E-state index in [0.29, 0.717) is 18.7 Å². The first-order valence-electron chi connectivity index (χ1n) is 11.8. The van der Waals surface area contributed by atoms with Crippen molar-refractivity contribution in [3.8, 4) is 0 Å². The number of benzene rings is 1. The van der Waals surface area contributed by atoms with Crippen molar-refractivity contribution in [3.63, 3.8) is 0 Å². The molecule has 0 saturated carbocycles. The first kappa shape index (κ1) is 25.5. The van der Waals surface area contributed by atoms with Crippen LogP contribution in [0.2, 0.25) is 0 Å². The summed E-state index contributed by atoms with van der Waals surface area (Å²) in [6.07, 6.45) is 9.77. The van der Waals surface area contributed by atoms with Gasteiger partial charge in [-0.3, -0.25) is 13.8 Å². The van der Waals surface area contributed by atoms with E-state index >= 15 is 0 Å². The molecule has 11 heteroatoms. The van der Waals surface area contributed by atoms with Crippen molar-refractivity contribution in [2.75, 3.05) is 29.3 Å². The number of anilines is 2. The van der Waals surface area contributed by atoms with Gasteiger partial charge >= 0.3 is 29.6 Å². The molecule has 2 heterocycles. The zero-order valence-corrected chi connectivity index (χ0v) is 23.1. The van der Waals surface area contributed by atoms with Gasteiger partial charge in [0, 0.05) is 26.3 Å². The summed E-state index contributed by atoms with van der Waals surface area (Å²) in [7, 11) is -2.52. The monoisotopic (exact) mass is 494 g/mol. The van der Waals surface area contributed by atoms with Crippen LogP contribution in [0.5, 0.6) is 0 Å². The van der Waals surface area contributed by atoms with Crippen LogP contribution < -0.4 is 39.2 Å². The van der Waals surface area contributed by atoms with E-state index in [1.807, 2.05) is 0 Å². The second-order valence-corrected chi connectivity index (χ2v) is 10.7. The molecule has 1 N–H and O–H groups in total. The van der Waals surface area contributed by atoms with Crippen molar-refractivity contribution in [1.82, 2.24) is 14.7 Å². The number of hydrogen-bond donors (Lipinski definition) is 1. The molecule has 0 radical (unpaired) electrons. The number of likely N-dealkylation sites (tertiary alicyclic amines) is 1. The summed E-state index contributed by atoms with van der Waals surface area (Å²) in [6.45, 7) is 4.31. The van der Waals surface area contributed by atoms with Gasteiger partial charge in [-0.1, -0.05) is 13.0 Å². The van der Waals surface area contributed by atoms with Crippen molar-refractivity contribution in [3.05, 3.63) is 45.4 Å². The van der Waals surface area contributed by atoms with E-state index in [-0.39, 0.29) is 35.6 Å². The van der Waals surface area contributed by atoms with Gasteiger partial charge in [-0.05, 0) is 79.4 Å². The molecule has 0 spiro atoms. The second kappa shape index (κ2) is 10.2. The number of nitrogens with zero attached hydrogens (tertiary/aromatic N) is 5. The summed E-state index contributed by atoms with van der Waals surface area (Å²) < 4.78 is 33.4. The van der Waals surface area contributed by atoms with Crippen molar-refractivity contribution >= 4 is 27.6 Å². The average Bonchev–Trinajstić information content (AvgIpc) is 3.54. The van der Waals surface area contributed by atoms with Crippen molar-refractivity contribution in [1.29, 1.82) is 0 Å². The number of nitrogens with one attached hydrogen (secondary N) is 1. The quantitative estimate of drug-likeness (QED) is 0.577. The topological polar surface area (TPSA) is 102 Å². The molecule has 3 aliphatic rings. The van der Waals surface area contributed by atoms with Gasteiger partial charge < -0.3 is 14.9 Å². The van der Waals surface area contributed by atoms with Gasteiger partial charge in [-0.2, -0.15) is 5.10 Å². The van der Waals surface area contributed by atoms with Gasteiger partial charge in [0.15, 0.2) is 6.03 Å². The van der Waals surface area contributed by atoms with Gasteiger partial charge in [0.05, 0.1) is 17.9 Å². The zero-order valence-electron chi connectivity index (χ0n) is 20.2. The van der Waals surface area contributed by atoms with Crippen LogP contribution in [0, 0.1) is 0 Å². The summed E-state index contributed by atoms with van der Waals surface area (Å²) in [5.74, 6) is 0. The number of hydrogen-bond acceptors (Lipinski definition) is 5. The Bertz CT molecular complexity index is 1150. The normalized spacial score (nSPS) is 19.4. The van der Waals surface area contributed by atoms with Crippen LogP contribution in [0.1, 0.15) is 48.4 Å². The Balaban J connectivity index is 0.00000274. The Hall–Kier alpha value is -1.59. The molecule has 0 bridgehead atoms. The van der Waals surface area contributed by atoms with Crippen LogP contribution in [-0.2, 0) is 42.9 Å². The van der Waals surface area contributed by atoms with Crippen LogP contribution in [0.3, 0.4) is 0 Å². The zero-order chi connectivity index (χ0) is 23.2. The number of urea groups is 1. The van der Waals surface area contributed by atoms with Gasteiger partial charge in [0.2, 0.25) is 0 Å². The molecule has 1 aromatic heterocycles. The third-order valence-corrected chi connectivity index (χ3v) is 8.53. The molecule has 2 aromatic rings. The smallest absolute Gasteiger partial charge is 0.423 e. The third kappa shape index (κ3) is 4.88. The fourth-order valence-corrected chi connectivity index (χ4v) is 6.84. The molecular formula is C23H31N6NaO3S. The molecule has 1 saturated heterocycles. The fraction of sp³-hybridized carbons (Fsp3) is 0.565. The van der Waals surface area contributed by atoms with Crippen LogP contribution in [0.25, 0.3) is 4.72 Å². The molecule has 2 amide bonds. The van der Waals surface area contributed by atoms with E-state index in [4.69, 9.17) is 0 Å². The number of carbonyl (C=O) groups excluding carboxylic acids is 1. The summed E-state index contributed by atoms with van der Waals surface area (Å²) in [6, 6.07) is 1.15. The largest absolute Gasteiger partial charge is 1.00 e. The van der Waals surface area contributed by atoms with Gasteiger partial charge in [-0.25, -0.2) is 8.42 Å². The molecule has 34 heavy (non-hydrogen) atoms. The molecule has 2 aliphatic carbocycles. The standard InChI is InChI=1S/C23H32N6O3S.Na/c1-3-28-11-10-18(15-28)29(19-13-24-27(2)14-19)33(31,32)26-23(30)25-22-20-8-4-6-16(20)12-17-7-5-9-21(17)22;/h12-14,18H,3-11,15H2,1-2H3,(H2,25,26,30);/q;+1/p-1. The molecule has 5 rings (SSSR count). The minimum absolute atomic E-state index is 0. The maximum atomic E-state index is 13.4.